The van der Waals surface area contributed by atoms with E-state index in [0.717, 1.165) is 17.0 Å². The zero-order chi connectivity index (χ0) is 22.5. The van der Waals surface area contributed by atoms with Crippen LogP contribution < -0.4 is 19.7 Å². The van der Waals surface area contributed by atoms with E-state index in [1.165, 1.54) is 25.3 Å². The minimum absolute atomic E-state index is 0.0808. The number of nitrogens with zero attached hydrogens (tertiary/aromatic N) is 2. The average molecular weight is 423 g/mol. The molecule has 0 radical (unpaired) electrons. The van der Waals surface area contributed by atoms with Crippen molar-refractivity contribution in [1.29, 1.82) is 0 Å². The smallest absolute Gasteiger partial charge is 0.335 e. The first-order chi connectivity index (χ1) is 14.8. The number of ether oxygens (including phenoxy) is 2. The van der Waals surface area contributed by atoms with E-state index in [1.807, 2.05) is 0 Å². The molecule has 0 unspecified atom stereocenters. The monoisotopic (exact) mass is 423 g/mol. The van der Waals surface area contributed by atoms with E-state index >= 15 is 0 Å². The quantitative estimate of drug-likeness (QED) is 0.238. The van der Waals surface area contributed by atoms with E-state index in [-0.39, 0.29) is 23.6 Å². The number of non-ortho nitro benzene ring substituents is 1. The van der Waals surface area contributed by atoms with Gasteiger partial charge in [-0.3, -0.25) is 25.0 Å². The summed E-state index contributed by atoms with van der Waals surface area (Å²) in [6.45, 7) is 3.84. The Morgan fingerprint density at radius 3 is 2.45 bits per heavy atom. The van der Waals surface area contributed by atoms with Crippen LogP contribution in [0.25, 0.3) is 6.08 Å². The van der Waals surface area contributed by atoms with Gasteiger partial charge in [0.25, 0.3) is 17.5 Å². The van der Waals surface area contributed by atoms with Gasteiger partial charge in [-0.25, -0.2) is 9.69 Å². The Bertz CT molecular complexity index is 1110. The van der Waals surface area contributed by atoms with Crippen molar-refractivity contribution in [2.75, 3.05) is 18.6 Å². The number of imide groups is 2. The van der Waals surface area contributed by atoms with Crippen molar-refractivity contribution in [1.82, 2.24) is 5.32 Å². The van der Waals surface area contributed by atoms with Gasteiger partial charge in [-0.15, -0.1) is 0 Å². The number of amides is 4. The maximum atomic E-state index is 12.9. The number of carbonyl (C=O) groups excluding carboxylic acids is 3. The highest BCUT2D eigenvalue weighted by atomic mass is 16.6. The molecule has 0 atom stereocenters. The van der Waals surface area contributed by atoms with E-state index in [1.54, 1.807) is 24.3 Å². The minimum Gasteiger partial charge on any atom is -0.493 e. The van der Waals surface area contributed by atoms with Crippen LogP contribution in [0.4, 0.5) is 16.2 Å². The second-order valence-electron chi connectivity index (χ2n) is 6.24. The maximum Gasteiger partial charge on any atom is 0.335 e. The molecule has 0 spiro atoms. The number of hydrogen-bond donors (Lipinski definition) is 1. The first kappa shape index (κ1) is 21.2. The molecule has 31 heavy (non-hydrogen) atoms. The van der Waals surface area contributed by atoms with Gasteiger partial charge in [0.2, 0.25) is 0 Å². The molecule has 2 aromatic carbocycles. The van der Waals surface area contributed by atoms with Gasteiger partial charge in [-0.05, 0) is 35.9 Å². The molecule has 0 bridgehead atoms. The van der Waals surface area contributed by atoms with Crippen molar-refractivity contribution in [2.24, 2.45) is 0 Å². The molecule has 4 amide bonds. The number of urea groups is 1. The van der Waals surface area contributed by atoms with E-state index < -0.39 is 22.8 Å². The van der Waals surface area contributed by atoms with E-state index in [2.05, 4.69) is 11.9 Å². The van der Waals surface area contributed by atoms with Crippen LogP contribution in [0.1, 0.15) is 5.56 Å². The molecule has 1 fully saturated rings. The lowest BCUT2D eigenvalue weighted by atomic mass is 10.1. The minimum atomic E-state index is -0.952. The number of nitrogens with one attached hydrogen (secondary N) is 1. The zero-order valence-electron chi connectivity index (χ0n) is 16.4. The summed E-state index contributed by atoms with van der Waals surface area (Å²) >= 11 is 0. The van der Waals surface area contributed by atoms with Crippen molar-refractivity contribution < 1.29 is 28.8 Å². The summed E-state index contributed by atoms with van der Waals surface area (Å²) in [5, 5.41) is 12.9. The Balaban J connectivity index is 1.95. The van der Waals surface area contributed by atoms with Crippen LogP contribution >= 0.6 is 0 Å². The van der Waals surface area contributed by atoms with Gasteiger partial charge in [0.15, 0.2) is 11.5 Å². The van der Waals surface area contributed by atoms with Crippen molar-refractivity contribution in [3.05, 3.63) is 76.4 Å². The number of anilines is 1. The summed E-state index contributed by atoms with van der Waals surface area (Å²) < 4.78 is 10.7. The molecule has 1 saturated heterocycles. The molecule has 0 aliphatic carbocycles. The highest BCUT2D eigenvalue weighted by molar-refractivity contribution is 6.39. The predicted octanol–water partition coefficient (Wildman–Crippen LogP) is 2.83. The van der Waals surface area contributed by atoms with Crippen LogP contribution in [0, 0.1) is 10.1 Å². The number of rotatable bonds is 7. The SMILES string of the molecule is C=CCOc1ccc(C=C2C(=O)NC(=O)N(c3ccc([N+](=O)[O-])cc3)C2=O)cc1OC. The van der Waals surface area contributed by atoms with Gasteiger partial charge in [0, 0.05) is 12.1 Å². The molecular weight excluding hydrogens is 406 g/mol. The third-order valence-electron chi connectivity index (χ3n) is 4.28. The molecule has 2 aromatic rings. The number of barbiturate groups is 1. The number of nitro groups is 1. The molecule has 10 heteroatoms. The Kier molecular flexibility index (Phi) is 6.10. The average Bonchev–Trinajstić information content (AvgIpc) is 2.75. The molecule has 1 aliphatic heterocycles. The number of methoxy groups -OCH3 is 1. The van der Waals surface area contributed by atoms with Crippen molar-refractivity contribution in [3.8, 4) is 11.5 Å². The maximum absolute atomic E-state index is 12.9. The normalized spacial score (nSPS) is 14.9. The Hall–Kier alpha value is -4.47. The number of carbonyl (C=O) groups is 3. The molecule has 10 nitrogen and oxygen atoms in total. The van der Waals surface area contributed by atoms with Gasteiger partial charge in [-0.1, -0.05) is 18.7 Å². The topological polar surface area (TPSA) is 128 Å². The largest absolute Gasteiger partial charge is 0.493 e. The second-order valence-corrected chi connectivity index (χ2v) is 6.24. The molecular formula is C21H17N3O7. The summed E-state index contributed by atoms with van der Waals surface area (Å²) in [4.78, 5) is 48.4. The Morgan fingerprint density at radius 1 is 1.13 bits per heavy atom. The summed E-state index contributed by atoms with van der Waals surface area (Å²) in [5.74, 6) is -0.900. The van der Waals surface area contributed by atoms with Gasteiger partial charge < -0.3 is 9.47 Å². The Morgan fingerprint density at radius 2 is 1.84 bits per heavy atom. The van der Waals surface area contributed by atoms with Crippen LogP contribution in [0.2, 0.25) is 0 Å². The number of benzene rings is 2. The molecule has 1 aliphatic rings. The molecule has 0 aromatic heterocycles. The fourth-order valence-electron chi connectivity index (χ4n) is 2.82. The lowest BCUT2D eigenvalue weighted by Gasteiger charge is -2.26. The van der Waals surface area contributed by atoms with Crippen molar-refractivity contribution in [2.45, 2.75) is 0 Å². The zero-order valence-corrected chi connectivity index (χ0v) is 16.4. The highest BCUT2D eigenvalue weighted by Crippen LogP contribution is 2.30. The lowest BCUT2D eigenvalue weighted by molar-refractivity contribution is -0.384. The predicted molar refractivity (Wildman–Crippen MR) is 111 cm³/mol. The summed E-state index contributed by atoms with van der Waals surface area (Å²) in [6.07, 6.45) is 2.88. The third kappa shape index (κ3) is 4.42. The van der Waals surface area contributed by atoms with Gasteiger partial charge in [0.05, 0.1) is 17.7 Å². The van der Waals surface area contributed by atoms with Crippen LogP contribution in [0.5, 0.6) is 11.5 Å². The van der Waals surface area contributed by atoms with Crippen LogP contribution in [-0.2, 0) is 9.59 Å². The summed E-state index contributed by atoms with van der Waals surface area (Å²) in [5.41, 5.74) is 0.0441. The van der Waals surface area contributed by atoms with Crippen LogP contribution in [0.3, 0.4) is 0 Å². The van der Waals surface area contributed by atoms with Gasteiger partial charge in [0.1, 0.15) is 12.2 Å². The highest BCUT2D eigenvalue weighted by Gasteiger charge is 2.37. The van der Waals surface area contributed by atoms with Crippen molar-refractivity contribution in [3.63, 3.8) is 0 Å². The van der Waals surface area contributed by atoms with Gasteiger partial charge >= 0.3 is 6.03 Å². The molecule has 1 heterocycles. The molecule has 0 saturated carbocycles. The molecule has 158 valence electrons. The molecule has 3 rings (SSSR count). The lowest BCUT2D eigenvalue weighted by Crippen LogP contribution is -2.54. The number of nitro benzene ring substituents is 1. The van der Waals surface area contributed by atoms with E-state index in [0.29, 0.717) is 17.1 Å². The van der Waals surface area contributed by atoms with E-state index in [4.69, 9.17) is 9.47 Å². The second kappa shape index (κ2) is 8.91. The van der Waals surface area contributed by atoms with Crippen LogP contribution in [-0.4, -0.2) is 36.5 Å². The fraction of sp³-hybridized carbons (Fsp3) is 0.0952. The fourth-order valence-corrected chi connectivity index (χ4v) is 2.82. The number of hydrogen-bond acceptors (Lipinski definition) is 7. The van der Waals surface area contributed by atoms with Crippen LogP contribution in [0.15, 0.2) is 60.7 Å². The first-order valence-electron chi connectivity index (χ1n) is 8.93. The summed E-state index contributed by atoms with van der Waals surface area (Å²) in [7, 11) is 1.44. The van der Waals surface area contributed by atoms with E-state index in [9.17, 15) is 24.5 Å². The Labute approximate surface area is 176 Å². The molecule has 1 N–H and O–H groups in total. The standard InChI is InChI=1S/C21H17N3O7/c1-3-10-31-17-9-4-13(12-18(17)30-2)11-16-19(25)22-21(27)23(20(16)26)14-5-7-15(8-6-14)24(28)29/h3-9,11-12H,1,10H2,2H3,(H,22,25,27). The summed E-state index contributed by atoms with van der Waals surface area (Å²) in [6, 6.07) is 8.64. The third-order valence-corrected chi connectivity index (χ3v) is 4.28. The first-order valence-corrected chi connectivity index (χ1v) is 8.93. The van der Waals surface area contributed by atoms with Gasteiger partial charge in [-0.2, -0.15) is 0 Å². The van der Waals surface area contributed by atoms with Crippen molar-refractivity contribution >= 4 is 35.3 Å².